The van der Waals surface area contributed by atoms with Crippen molar-refractivity contribution >= 4 is 56.2 Å². The Morgan fingerprint density at radius 3 is 2.54 bits per heavy atom. The first-order valence-corrected chi connectivity index (χ1v) is 15.4. The van der Waals surface area contributed by atoms with Crippen molar-refractivity contribution in [2.24, 2.45) is 0 Å². The van der Waals surface area contributed by atoms with Gasteiger partial charge in [-0.3, -0.25) is 9.69 Å². The van der Waals surface area contributed by atoms with E-state index in [2.05, 4.69) is 54.8 Å². The van der Waals surface area contributed by atoms with Gasteiger partial charge < -0.3 is 20.9 Å². The van der Waals surface area contributed by atoms with Crippen LogP contribution in [-0.4, -0.2) is 84.1 Å². The van der Waals surface area contributed by atoms with Crippen molar-refractivity contribution in [1.82, 2.24) is 24.8 Å². The lowest BCUT2D eigenvalue weighted by molar-refractivity contribution is -0.117. The molecule has 3 aromatic rings. The molecule has 1 aliphatic rings. The summed E-state index contributed by atoms with van der Waals surface area (Å²) in [5.41, 5.74) is 2.53. The van der Waals surface area contributed by atoms with Gasteiger partial charge in [0.1, 0.15) is 5.02 Å². The lowest BCUT2D eigenvalue weighted by Gasteiger charge is -2.34. The lowest BCUT2D eigenvalue weighted by Crippen LogP contribution is -2.44. The van der Waals surface area contributed by atoms with Crippen LogP contribution in [0.5, 0.6) is 0 Å². The Balaban J connectivity index is 1.46. The topological polar surface area (TPSA) is 132 Å². The summed E-state index contributed by atoms with van der Waals surface area (Å²) in [5, 5.41) is 8.64. The van der Waals surface area contributed by atoms with E-state index in [1.54, 1.807) is 26.0 Å². The summed E-state index contributed by atoms with van der Waals surface area (Å²) >= 11 is 6.36. The Bertz CT molecular complexity index is 1490. The maximum Gasteiger partial charge on any atom is 0.238 e. The summed E-state index contributed by atoms with van der Waals surface area (Å²) in [6.45, 7) is 7.25. The second kappa shape index (κ2) is 13.1. The first-order chi connectivity index (χ1) is 19.4. The quantitative estimate of drug-likeness (QED) is 0.306. The number of aryl methyl sites for hydroxylation is 1. The lowest BCUT2D eigenvalue weighted by atomic mass is 10.0. The number of rotatable bonds is 10. The molecular weight excluding hydrogens is 564 g/mol. The minimum absolute atomic E-state index is 0.0686. The Morgan fingerprint density at radius 2 is 1.85 bits per heavy atom. The largest absolute Gasteiger partial charge is 0.336 e. The smallest absolute Gasteiger partial charge is 0.238 e. The van der Waals surface area contributed by atoms with Crippen LogP contribution < -0.4 is 16.0 Å². The highest BCUT2D eigenvalue weighted by atomic mass is 35.5. The average molecular weight is 601 g/mol. The predicted molar refractivity (Wildman–Crippen MR) is 163 cm³/mol. The van der Waals surface area contributed by atoms with E-state index in [0.29, 0.717) is 24.0 Å². The molecule has 4 rings (SSSR count). The maximum absolute atomic E-state index is 12.8. The molecule has 0 atom stereocenters. The molecule has 1 aromatic carbocycles. The molecule has 0 saturated carbocycles. The molecule has 11 nitrogen and oxygen atoms in total. The molecule has 3 heterocycles. The van der Waals surface area contributed by atoms with Gasteiger partial charge in [0, 0.05) is 36.7 Å². The number of halogens is 1. The standard InChI is InChI=1S/C28H37ClN8O3S/c1-18(2)41(39,40)27-23(7-6-12-30-27)33-26-22(29)16-31-28(35-26)34-24-15-20(9-8-19(24)3)32-25(38)17-37-13-10-21(11-14-37)36(4)5/h6-9,12,15-16,18,21H,10-11,13-14,17H2,1-5H3,(H,32,38)(H2,31,33,34,35). The first kappa shape index (κ1) is 30.6. The van der Waals surface area contributed by atoms with Crippen LogP contribution >= 0.6 is 11.6 Å². The van der Waals surface area contributed by atoms with Crippen molar-refractivity contribution in [2.75, 3.05) is 49.7 Å². The Labute approximate surface area is 246 Å². The van der Waals surface area contributed by atoms with Crippen LogP contribution in [0.1, 0.15) is 32.3 Å². The van der Waals surface area contributed by atoms with E-state index in [-0.39, 0.29) is 33.4 Å². The number of hydrogen-bond donors (Lipinski definition) is 3. The summed E-state index contributed by atoms with van der Waals surface area (Å²) in [6, 6.07) is 9.37. The van der Waals surface area contributed by atoms with Crippen LogP contribution in [0.15, 0.2) is 47.8 Å². The second-order valence-corrected chi connectivity index (χ2v) is 13.5. The number of amides is 1. The molecule has 0 aliphatic carbocycles. The molecule has 13 heteroatoms. The summed E-state index contributed by atoms with van der Waals surface area (Å²) in [6.07, 6.45) is 4.95. The van der Waals surface area contributed by atoms with Gasteiger partial charge in [-0.2, -0.15) is 4.98 Å². The van der Waals surface area contributed by atoms with Gasteiger partial charge in [0.15, 0.2) is 20.7 Å². The van der Waals surface area contributed by atoms with Crippen LogP contribution in [0.3, 0.4) is 0 Å². The molecule has 2 aromatic heterocycles. The van der Waals surface area contributed by atoms with E-state index >= 15 is 0 Å². The van der Waals surface area contributed by atoms with Gasteiger partial charge in [-0.25, -0.2) is 18.4 Å². The third-order valence-corrected chi connectivity index (χ3v) is 9.46. The third kappa shape index (κ3) is 7.70. The highest BCUT2D eigenvalue weighted by molar-refractivity contribution is 7.92. The summed E-state index contributed by atoms with van der Waals surface area (Å²) in [5.74, 6) is 0.392. The van der Waals surface area contributed by atoms with Crippen molar-refractivity contribution < 1.29 is 13.2 Å². The molecule has 3 N–H and O–H groups in total. The van der Waals surface area contributed by atoms with Crippen LogP contribution in [0.25, 0.3) is 0 Å². The van der Waals surface area contributed by atoms with E-state index < -0.39 is 15.1 Å². The van der Waals surface area contributed by atoms with Crippen LogP contribution in [0.2, 0.25) is 5.02 Å². The van der Waals surface area contributed by atoms with Crippen molar-refractivity contribution in [3.63, 3.8) is 0 Å². The number of sulfone groups is 1. The zero-order valence-corrected chi connectivity index (χ0v) is 25.6. The number of anilines is 5. The monoisotopic (exact) mass is 600 g/mol. The van der Waals surface area contributed by atoms with Gasteiger partial charge in [0.25, 0.3) is 0 Å². The minimum atomic E-state index is -3.65. The minimum Gasteiger partial charge on any atom is -0.336 e. The van der Waals surface area contributed by atoms with Crippen molar-refractivity contribution in [2.45, 2.75) is 49.9 Å². The fourth-order valence-corrected chi connectivity index (χ4v) is 5.75. The molecule has 1 aliphatic heterocycles. The number of nitrogens with zero attached hydrogens (tertiary/aromatic N) is 5. The third-order valence-electron chi connectivity index (χ3n) is 7.08. The molecular formula is C28H37ClN8O3S. The fourth-order valence-electron chi connectivity index (χ4n) is 4.53. The molecule has 0 radical (unpaired) electrons. The highest BCUT2D eigenvalue weighted by Crippen LogP contribution is 2.30. The number of hydrogen-bond acceptors (Lipinski definition) is 10. The van der Waals surface area contributed by atoms with Gasteiger partial charge >= 0.3 is 0 Å². The zero-order valence-electron chi connectivity index (χ0n) is 24.0. The normalized spacial score (nSPS) is 14.8. The van der Waals surface area contributed by atoms with Gasteiger partial charge in [-0.05, 0) is 77.5 Å². The number of likely N-dealkylation sites (tertiary alicyclic amines) is 1. The number of pyridine rings is 1. The van der Waals surface area contributed by atoms with E-state index in [4.69, 9.17) is 11.6 Å². The predicted octanol–water partition coefficient (Wildman–Crippen LogP) is 4.47. The highest BCUT2D eigenvalue weighted by Gasteiger charge is 2.25. The van der Waals surface area contributed by atoms with Gasteiger partial charge in [0.05, 0.1) is 23.7 Å². The molecule has 1 amide bonds. The molecule has 0 unspecified atom stereocenters. The molecule has 220 valence electrons. The first-order valence-electron chi connectivity index (χ1n) is 13.5. The number of carbonyl (C=O) groups excluding carboxylic acids is 1. The van der Waals surface area contributed by atoms with E-state index in [1.165, 1.54) is 12.4 Å². The summed E-state index contributed by atoms with van der Waals surface area (Å²) < 4.78 is 25.6. The zero-order chi connectivity index (χ0) is 29.7. The van der Waals surface area contributed by atoms with E-state index in [9.17, 15) is 13.2 Å². The Hall–Kier alpha value is -3.32. The fraction of sp³-hybridized carbons (Fsp3) is 0.429. The molecule has 1 saturated heterocycles. The molecule has 1 fully saturated rings. The maximum atomic E-state index is 12.8. The van der Waals surface area contributed by atoms with Crippen LogP contribution in [-0.2, 0) is 14.6 Å². The van der Waals surface area contributed by atoms with Crippen LogP contribution in [0, 0.1) is 6.92 Å². The van der Waals surface area contributed by atoms with Gasteiger partial charge in [-0.15, -0.1) is 0 Å². The Morgan fingerprint density at radius 1 is 1.12 bits per heavy atom. The molecule has 41 heavy (non-hydrogen) atoms. The molecule has 0 bridgehead atoms. The Kier molecular flexibility index (Phi) is 9.80. The number of piperidine rings is 1. The van der Waals surface area contributed by atoms with Crippen LogP contribution in [0.4, 0.5) is 28.8 Å². The average Bonchev–Trinajstić information content (AvgIpc) is 2.92. The van der Waals surface area contributed by atoms with E-state index in [0.717, 1.165) is 31.5 Å². The number of benzene rings is 1. The molecule has 0 spiro atoms. The number of nitrogens with one attached hydrogen (secondary N) is 3. The number of carbonyl (C=O) groups is 1. The van der Waals surface area contributed by atoms with Crippen molar-refractivity contribution in [3.05, 3.63) is 53.3 Å². The summed E-state index contributed by atoms with van der Waals surface area (Å²) in [4.78, 5) is 30.0. The van der Waals surface area contributed by atoms with Crippen molar-refractivity contribution in [3.8, 4) is 0 Å². The summed E-state index contributed by atoms with van der Waals surface area (Å²) in [7, 11) is 0.543. The van der Waals surface area contributed by atoms with Gasteiger partial charge in [0.2, 0.25) is 11.9 Å². The number of aromatic nitrogens is 3. The second-order valence-electron chi connectivity index (χ2n) is 10.6. The SMILES string of the molecule is Cc1ccc(NC(=O)CN2CCC(N(C)C)CC2)cc1Nc1ncc(Cl)c(Nc2cccnc2S(=O)(=O)C(C)C)n1. The van der Waals surface area contributed by atoms with Gasteiger partial charge in [-0.1, -0.05) is 17.7 Å². The van der Waals surface area contributed by atoms with Crippen molar-refractivity contribution in [1.29, 1.82) is 0 Å². The van der Waals surface area contributed by atoms with E-state index in [1.807, 2.05) is 25.1 Å².